The molecule has 2 unspecified atom stereocenters. The topological polar surface area (TPSA) is 89.1 Å². The molecule has 2 aromatic rings. The lowest BCUT2D eigenvalue weighted by Crippen LogP contribution is -2.60. The van der Waals surface area contributed by atoms with Gasteiger partial charge in [0.15, 0.2) is 0 Å². The number of carbonyl (C=O) groups excluding carboxylic acids is 3. The summed E-state index contributed by atoms with van der Waals surface area (Å²) in [6.45, 7) is 4.74. The number of piperidine rings is 2. The fourth-order valence-electron chi connectivity index (χ4n) is 7.41. The molecule has 1 aliphatic carbocycles. The molecule has 9 nitrogen and oxygen atoms in total. The van der Waals surface area contributed by atoms with Crippen LogP contribution in [0.25, 0.3) is 0 Å². The van der Waals surface area contributed by atoms with Crippen LogP contribution in [0, 0.1) is 5.92 Å². The molecule has 3 fully saturated rings. The summed E-state index contributed by atoms with van der Waals surface area (Å²) in [4.78, 5) is 52.4. The maximum absolute atomic E-state index is 14.2. The molecule has 10 heteroatoms. The number of hydrogen-bond acceptors (Lipinski definition) is 5. The third-order valence-electron chi connectivity index (χ3n) is 9.90. The standard InChI is InChI=1S/C35H49ClN6O3/c1-25-24-41(22-17-32(25)42(35(45)39(2)3)30-7-5-4-6-8-30)34(44)31(23-26-9-11-28(36)12-10-26)38-29-15-20-40(21-16-29)33(43)27-13-18-37-19-14-27/h9-14,18-19,25,29-32,38H,4-8,15-17,20-24H2,1-3H3/t25?,31-,32?/m0/s1. The largest absolute Gasteiger partial charge is 0.341 e. The molecule has 1 saturated carbocycles. The molecule has 2 saturated heterocycles. The smallest absolute Gasteiger partial charge is 0.319 e. The first kappa shape index (κ1) is 33.2. The molecule has 244 valence electrons. The van der Waals surface area contributed by atoms with E-state index in [0.29, 0.717) is 43.2 Å². The van der Waals surface area contributed by atoms with E-state index in [1.807, 2.05) is 48.2 Å². The molecule has 5 rings (SSSR count). The highest BCUT2D eigenvalue weighted by molar-refractivity contribution is 6.30. The van der Waals surface area contributed by atoms with E-state index in [1.54, 1.807) is 29.4 Å². The van der Waals surface area contributed by atoms with Gasteiger partial charge in [-0.2, -0.15) is 0 Å². The van der Waals surface area contributed by atoms with Crippen LogP contribution in [0.2, 0.25) is 5.02 Å². The van der Waals surface area contributed by atoms with Crippen LogP contribution >= 0.6 is 11.6 Å². The van der Waals surface area contributed by atoms with E-state index >= 15 is 0 Å². The van der Waals surface area contributed by atoms with Crippen LogP contribution < -0.4 is 5.32 Å². The Morgan fingerprint density at radius 3 is 2.18 bits per heavy atom. The molecule has 1 N–H and O–H groups in total. The molecule has 3 heterocycles. The molecule has 2 aliphatic heterocycles. The van der Waals surface area contributed by atoms with Crippen molar-refractivity contribution in [3.8, 4) is 0 Å². The van der Waals surface area contributed by atoms with Crippen LogP contribution in [0.4, 0.5) is 4.79 Å². The van der Waals surface area contributed by atoms with Crippen molar-refractivity contribution in [2.75, 3.05) is 40.3 Å². The number of nitrogens with one attached hydrogen (secondary N) is 1. The minimum atomic E-state index is -0.389. The number of urea groups is 1. The summed E-state index contributed by atoms with van der Waals surface area (Å²) in [5, 5.41) is 4.38. The van der Waals surface area contributed by atoms with Crippen LogP contribution in [-0.4, -0.2) is 107 Å². The summed E-state index contributed by atoms with van der Waals surface area (Å²) in [7, 11) is 3.68. The Hall–Kier alpha value is -3.17. The number of nitrogens with zero attached hydrogens (tertiary/aromatic N) is 5. The minimum Gasteiger partial charge on any atom is -0.341 e. The third kappa shape index (κ3) is 8.36. The minimum absolute atomic E-state index is 0.0246. The highest BCUT2D eigenvalue weighted by Gasteiger charge is 2.40. The summed E-state index contributed by atoms with van der Waals surface area (Å²) in [5.41, 5.74) is 1.71. The van der Waals surface area contributed by atoms with E-state index in [4.69, 9.17) is 11.6 Å². The molecule has 0 radical (unpaired) electrons. The van der Waals surface area contributed by atoms with E-state index in [1.165, 1.54) is 19.3 Å². The summed E-state index contributed by atoms with van der Waals surface area (Å²) in [6.07, 6.45) is 11.9. The van der Waals surface area contributed by atoms with Crippen molar-refractivity contribution in [1.29, 1.82) is 0 Å². The van der Waals surface area contributed by atoms with Crippen molar-refractivity contribution in [2.24, 2.45) is 5.92 Å². The number of hydrogen-bond donors (Lipinski definition) is 1. The number of benzene rings is 1. The predicted molar refractivity (Wildman–Crippen MR) is 177 cm³/mol. The quantitative estimate of drug-likeness (QED) is 0.436. The van der Waals surface area contributed by atoms with Gasteiger partial charge in [0.1, 0.15) is 0 Å². The van der Waals surface area contributed by atoms with Gasteiger partial charge >= 0.3 is 6.03 Å². The van der Waals surface area contributed by atoms with Crippen LogP contribution in [0.1, 0.15) is 74.2 Å². The second kappa shape index (κ2) is 15.4. The molecule has 0 bridgehead atoms. The van der Waals surface area contributed by atoms with Crippen molar-refractivity contribution in [3.05, 3.63) is 64.9 Å². The summed E-state index contributed by atoms with van der Waals surface area (Å²) in [5.74, 6) is 0.303. The molecule has 1 aromatic heterocycles. The molecular formula is C35H49ClN6O3. The van der Waals surface area contributed by atoms with E-state index in [9.17, 15) is 14.4 Å². The number of halogens is 1. The number of likely N-dealkylation sites (tertiary alicyclic amines) is 2. The Labute approximate surface area is 273 Å². The lowest BCUT2D eigenvalue weighted by molar-refractivity contribution is -0.136. The SMILES string of the molecule is CC1CN(C(=O)[C@H](Cc2ccc(Cl)cc2)NC2CCN(C(=O)c3ccncc3)CC2)CCC1N(C(=O)N(C)C)C1CCCCC1. The lowest BCUT2D eigenvalue weighted by Gasteiger charge is -2.48. The maximum atomic E-state index is 14.2. The summed E-state index contributed by atoms with van der Waals surface area (Å²) >= 11 is 6.17. The van der Waals surface area contributed by atoms with Crippen molar-refractivity contribution in [1.82, 2.24) is 29.9 Å². The van der Waals surface area contributed by atoms with Gasteiger partial charge in [-0.15, -0.1) is 0 Å². The van der Waals surface area contributed by atoms with Gasteiger partial charge in [0, 0.05) is 81.4 Å². The normalized spacial score (nSPS) is 22.1. The van der Waals surface area contributed by atoms with Gasteiger partial charge in [-0.3, -0.25) is 14.6 Å². The van der Waals surface area contributed by atoms with Gasteiger partial charge in [0.25, 0.3) is 5.91 Å². The van der Waals surface area contributed by atoms with Crippen LogP contribution in [-0.2, 0) is 11.2 Å². The molecule has 4 amide bonds. The average molecular weight is 637 g/mol. The number of amides is 4. The molecule has 1 aromatic carbocycles. The zero-order chi connectivity index (χ0) is 31.9. The number of rotatable bonds is 8. The number of aromatic nitrogens is 1. The Bertz CT molecular complexity index is 1280. The second-order valence-corrected chi connectivity index (χ2v) is 13.8. The fraction of sp³-hybridized carbons (Fsp3) is 0.600. The van der Waals surface area contributed by atoms with Crippen LogP contribution in [0.15, 0.2) is 48.8 Å². The van der Waals surface area contributed by atoms with Crippen molar-refractivity contribution >= 4 is 29.4 Å². The molecule has 0 spiro atoms. The summed E-state index contributed by atoms with van der Waals surface area (Å²) in [6, 6.07) is 11.5. The number of carbonyl (C=O) groups is 3. The van der Waals surface area contributed by atoms with Crippen molar-refractivity contribution in [3.63, 3.8) is 0 Å². The van der Waals surface area contributed by atoms with Crippen LogP contribution in [0.5, 0.6) is 0 Å². The molecule has 3 aliphatic rings. The van der Waals surface area contributed by atoms with Crippen molar-refractivity contribution in [2.45, 2.75) is 88.9 Å². The van der Waals surface area contributed by atoms with E-state index in [2.05, 4.69) is 22.1 Å². The first-order chi connectivity index (χ1) is 21.7. The van der Waals surface area contributed by atoms with Gasteiger partial charge in [-0.05, 0) is 74.3 Å². The monoisotopic (exact) mass is 636 g/mol. The molecule has 3 atom stereocenters. The average Bonchev–Trinajstić information content (AvgIpc) is 3.06. The lowest BCUT2D eigenvalue weighted by atomic mass is 9.87. The Morgan fingerprint density at radius 1 is 0.911 bits per heavy atom. The fourth-order valence-corrected chi connectivity index (χ4v) is 7.54. The highest BCUT2D eigenvalue weighted by Crippen LogP contribution is 2.31. The van der Waals surface area contributed by atoms with Gasteiger partial charge in [0.05, 0.1) is 6.04 Å². The zero-order valence-corrected chi connectivity index (χ0v) is 27.8. The Balaban J connectivity index is 1.25. The second-order valence-electron chi connectivity index (χ2n) is 13.3. The predicted octanol–water partition coefficient (Wildman–Crippen LogP) is 5.09. The Kier molecular flexibility index (Phi) is 11.4. The molecular weight excluding hydrogens is 588 g/mol. The Morgan fingerprint density at radius 2 is 1.56 bits per heavy atom. The highest BCUT2D eigenvalue weighted by atomic mass is 35.5. The van der Waals surface area contributed by atoms with Crippen molar-refractivity contribution < 1.29 is 14.4 Å². The van der Waals surface area contributed by atoms with E-state index < -0.39 is 0 Å². The maximum Gasteiger partial charge on any atom is 0.319 e. The number of pyridine rings is 1. The first-order valence-electron chi connectivity index (χ1n) is 16.7. The molecule has 45 heavy (non-hydrogen) atoms. The van der Waals surface area contributed by atoms with Gasteiger partial charge in [-0.1, -0.05) is 49.9 Å². The van der Waals surface area contributed by atoms with E-state index in [0.717, 1.165) is 37.7 Å². The van der Waals surface area contributed by atoms with Crippen LogP contribution in [0.3, 0.4) is 0 Å². The first-order valence-corrected chi connectivity index (χ1v) is 17.1. The van der Waals surface area contributed by atoms with Gasteiger partial charge in [0.2, 0.25) is 5.91 Å². The van der Waals surface area contributed by atoms with Gasteiger partial charge in [-0.25, -0.2) is 4.79 Å². The summed E-state index contributed by atoms with van der Waals surface area (Å²) < 4.78 is 0. The zero-order valence-electron chi connectivity index (χ0n) is 27.0. The van der Waals surface area contributed by atoms with E-state index in [-0.39, 0.29) is 47.9 Å². The van der Waals surface area contributed by atoms with Gasteiger partial charge < -0.3 is 24.9 Å². The third-order valence-corrected chi connectivity index (χ3v) is 10.1.